The zero-order chi connectivity index (χ0) is 12.9. The van der Waals surface area contributed by atoms with Gasteiger partial charge in [-0.2, -0.15) is 0 Å². The van der Waals surface area contributed by atoms with Gasteiger partial charge in [-0.25, -0.2) is 0 Å². The molecule has 1 aromatic carbocycles. The van der Waals surface area contributed by atoms with Crippen molar-refractivity contribution in [2.45, 2.75) is 44.1 Å². The molecule has 2 aliphatic rings. The molecule has 18 heavy (non-hydrogen) atoms. The van der Waals surface area contributed by atoms with Gasteiger partial charge in [0.15, 0.2) is 5.79 Å². The Morgan fingerprint density at radius 2 is 1.83 bits per heavy atom. The van der Waals surface area contributed by atoms with Crippen LogP contribution in [0.2, 0.25) is 0 Å². The average molecular weight is 250 g/mol. The molecule has 4 heteroatoms. The molecule has 4 nitrogen and oxygen atoms in total. The third kappa shape index (κ3) is 1.68. The summed E-state index contributed by atoms with van der Waals surface area (Å²) in [6, 6.07) is 7.89. The predicted molar refractivity (Wildman–Crippen MR) is 65.0 cm³/mol. The van der Waals surface area contributed by atoms with Crippen molar-refractivity contribution in [2.24, 2.45) is 0 Å². The first-order chi connectivity index (χ1) is 8.53. The number of hydrogen-bond donors (Lipinski definition) is 1. The van der Waals surface area contributed by atoms with Gasteiger partial charge < -0.3 is 19.3 Å². The highest BCUT2D eigenvalue weighted by molar-refractivity contribution is 5.36. The number of hydrogen-bond acceptors (Lipinski definition) is 4. The highest BCUT2D eigenvalue weighted by Gasteiger charge is 2.52. The Morgan fingerprint density at radius 3 is 2.50 bits per heavy atom. The second kappa shape index (κ2) is 4.03. The number of aliphatic hydroxyl groups is 1. The van der Waals surface area contributed by atoms with Gasteiger partial charge in [-0.1, -0.05) is 24.3 Å². The Morgan fingerprint density at radius 1 is 1.17 bits per heavy atom. The maximum Gasteiger partial charge on any atom is 0.164 e. The minimum Gasteiger partial charge on any atom is -0.387 e. The smallest absolute Gasteiger partial charge is 0.164 e. The van der Waals surface area contributed by atoms with Crippen molar-refractivity contribution >= 4 is 0 Å². The normalized spacial score (nSPS) is 37.1. The minimum absolute atomic E-state index is 0.224. The van der Waals surface area contributed by atoms with Crippen LogP contribution >= 0.6 is 0 Å². The van der Waals surface area contributed by atoms with Crippen LogP contribution in [0, 0.1) is 0 Å². The topological polar surface area (TPSA) is 47.9 Å². The lowest BCUT2D eigenvalue weighted by molar-refractivity contribution is -0.163. The van der Waals surface area contributed by atoms with Gasteiger partial charge in [0.25, 0.3) is 0 Å². The summed E-state index contributed by atoms with van der Waals surface area (Å²) in [5.74, 6) is -0.675. The Balaban J connectivity index is 2.08. The lowest BCUT2D eigenvalue weighted by Gasteiger charge is -2.35. The van der Waals surface area contributed by atoms with Crippen molar-refractivity contribution in [3.05, 3.63) is 35.4 Å². The van der Waals surface area contributed by atoms with E-state index in [4.69, 9.17) is 14.2 Å². The van der Waals surface area contributed by atoms with E-state index >= 15 is 0 Å². The molecule has 1 aromatic rings. The first-order valence-corrected chi connectivity index (χ1v) is 6.19. The number of methoxy groups -OCH3 is 1. The molecule has 0 amide bonds. The van der Waals surface area contributed by atoms with Crippen molar-refractivity contribution in [1.29, 1.82) is 0 Å². The van der Waals surface area contributed by atoms with Crippen LogP contribution in [0.3, 0.4) is 0 Å². The fourth-order valence-electron chi connectivity index (χ4n) is 2.93. The summed E-state index contributed by atoms with van der Waals surface area (Å²) in [5, 5.41) is 10.4. The largest absolute Gasteiger partial charge is 0.387 e. The van der Waals surface area contributed by atoms with E-state index in [1.54, 1.807) is 7.11 Å². The summed E-state index contributed by atoms with van der Waals surface area (Å²) in [4.78, 5) is 0. The number of rotatable bonds is 1. The zero-order valence-corrected chi connectivity index (χ0v) is 10.8. The molecule has 1 N–H and O–H groups in total. The van der Waals surface area contributed by atoms with Crippen LogP contribution in [-0.2, 0) is 14.2 Å². The number of fused-ring (bicyclic) bond motifs is 3. The van der Waals surface area contributed by atoms with Crippen LogP contribution in [0.1, 0.15) is 37.2 Å². The van der Waals surface area contributed by atoms with E-state index in [0.29, 0.717) is 0 Å². The van der Waals surface area contributed by atoms with Gasteiger partial charge in [0.2, 0.25) is 0 Å². The van der Waals surface area contributed by atoms with E-state index in [1.807, 2.05) is 38.1 Å². The zero-order valence-electron chi connectivity index (χ0n) is 10.8. The van der Waals surface area contributed by atoms with Gasteiger partial charge >= 0.3 is 0 Å². The van der Waals surface area contributed by atoms with Crippen molar-refractivity contribution in [3.8, 4) is 0 Å². The predicted octanol–water partition coefficient (Wildman–Crippen LogP) is 1.94. The number of benzene rings is 1. The molecule has 3 rings (SSSR count). The number of aliphatic hydroxyl groups excluding tert-OH is 1. The van der Waals surface area contributed by atoms with E-state index in [-0.39, 0.29) is 18.3 Å². The molecular formula is C14H18O4. The number of ether oxygens (including phenoxy) is 3. The van der Waals surface area contributed by atoms with Crippen LogP contribution in [0.15, 0.2) is 24.3 Å². The second-order valence-corrected chi connectivity index (χ2v) is 5.30. The van der Waals surface area contributed by atoms with Gasteiger partial charge in [-0.3, -0.25) is 0 Å². The van der Waals surface area contributed by atoms with Crippen LogP contribution in [0.4, 0.5) is 0 Å². The third-order valence-electron chi connectivity index (χ3n) is 3.64. The monoisotopic (exact) mass is 250 g/mol. The molecule has 1 aliphatic carbocycles. The van der Waals surface area contributed by atoms with Gasteiger partial charge in [0, 0.05) is 7.11 Å². The minimum atomic E-state index is -0.711. The molecule has 0 saturated carbocycles. The molecule has 0 unspecified atom stereocenters. The quantitative estimate of drug-likeness (QED) is 0.827. The third-order valence-corrected chi connectivity index (χ3v) is 3.64. The summed E-state index contributed by atoms with van der Waals surface area (Å²) in [7, 11) is 1.60. The Bertz CT molecular complexity index is 457. The van der Waals surface area contributed by atoms with E-state index in [1.165, 1.54) is 0 Å². The molecule has 0 aromatic heterocycles. The maximum atomic E-state index is 10.4. The fraction of sp³-hybridized carbons (Fsp3) is 0.571. The molecule has 0 radical (unpaired) electrons. The summed E-state index contributed by atoms with van der Waals surface area (Å²) in [6.07, 6.45) is -1.67. The molecule has 0 bridgehead atoms. The first-order valence-electron chi connectivity index (χ1n) is 6.19. The summed E-state index contributed by atoms with van der Waals surface area (Å²) in [6.45, 7) is 3.73. The molecular weight excluding hydrogens is 232 g/mol. The summed E-state index contributed by atoms with van der Waals surface area (Å²) >= 11 is 0. The van der Waals surface area contributed by atoms with Crippen molar-refractivity contribution in [3.63, 3.8) is 0 Å². The Hall–Kier alpha value is -0.940. The van der Waals surface area contributed by atoms with Crippen LogP contribution in [0.25, 0.3) is 0 Å². The maximum absolute atomic E-state index is 10.4. The lowest BCUT2D eigenvalue weighted by Crippen LogP contribution is -2.41. The molecule has 1 fully saturated rings. The van der Waals surface area contributed by atoms with Crippen molar-refractivity contribution < 1.29 is 19.3 Å². The highest BCUT2D eigenvalue weighted by atomic mass is 16.8. The molecule has 0 spiro atoms. The lowest BCUT2D eigenvalue weighted by atomic mass is 9.83. The SMILES string of the molecule is CO[C@H]1c2ccccc2[C@H]2OC(C)(C)O[C@H]2[C@@H]1O. The first kappa shape index (κ1) is 12.1. The molecule has 1 saturated heterocycles. The van der Waals surface area contributed by atoms with E-state index in [0.717, 1.165) is 11.1 Å². The fourth-order valence-corrected chi connectivity index (χ4v) is 2.93. The molecule has 1 heterocycles. The summed E-state index contributed by atoms with van der Waals surface area (Å²) in [5.41, 5.74) is 2.03. The van der Waals surface area contributed by atoms with E-state index < -0.39 is 11.9 Å². The van der Waals surface area contributed by atoms with E-state index in [2.05, 4.69) is 0 Å². The molecule has 1 aliphatic heterocycles. The highest BCUT2D eigenvalue weighted by Crippen LogP contribution is 2.48. The Labute approximate surface area is 106 Å². The second-order valence-electron chi connectivity index (χ2n) is 5.30. The van der Waals surface area contributed by atoms with Crippen molar-refractivity contribution in [2.75, 3.05) is 7.11 Å². The van der Waals surface area contributed by atoms with Crippen LogP contribution in [0.5, 0.6) is 0 Å². The van der Waals surface area contributed by atoms with Crippen LogP contribution in [-0.4, -0.2) is 30.2 Å². The standard InChI is InChI=1S/C14H18O4/c1-14(2)17-12-9-7-5-4-6-8(9)11(16-3)10(15)13(12)18-14/h4-7,10-13,15H,1-3H3/t10-,11+,12-,13+/m1/s1. The summed E-state index contributed by atoms with van der Waals surface area (Å²) < 4.78 is 17.1. The van der Waals surface area contributed by atoms with Gasteiger partial charge in [0.05, 0.1) is 0 Å². The van der Waals surface area contributed by atoms with Gasteiger partial charge in [0.1, 0.15) is 24.4 Å². The Kier molecular flexibility index (Phi) is 2.71. The average Bonchev–Trinajstić information content (AvgIpc) is 2.66. The molecule has 98 valence electrons. The van der Waals surface area contributed by atoms with Gasteiger partial charge in [-0.05, 0) is 25.0 Å². The molecule has 4 atom stereocenters. The van der Waals surface area contributed by atoms with E-state index in [9.17, 15) is 5.11 Å². The van der Waals surface area contributed by atoms with Crippen LogP contribution < -0.4 is 0 Å². The van der Waals surface area contributed by atoms with Crippen molar-refractivity contribution in [1.82, 2.24) is 0 Å². The van der Waals surface area contributed by atoms with Gasteiger partial charge in [-0.15, -0.1) is 0 Å².